The summed E-state index contributed by atoms with van der Waals surface area (Å²) in [5, 5.41) is 4.42. The molecule has 5 nitrogen and oxygen atoms in total. The van der Waals surface area contributed by atoms with Crippen molar-refractivity contribution in [2.24, 2.45) is 7.05 Å². The van der Waals surface area contributed by atoms with E-state index in [1.165, 1.54) is 0 Å². The van der Waals surface area contributed by atoms with E-state index >= 15 is 0 Å². The molecule has 0 bridgehead atoms. The van der Waals surface area contributed by atoms with Crippen LogP contribution in [0.3, 0.4) is 0 Å². The van der Waals surface area contributed by atoms with Crippen LogP contribution in [0.2, 0.25) is 0 Å². The Hall–Kier alpha value is -2.30. The number of hydrogen-bond acceptors (Lipinski definition) is 3. The topological polar surface area (TPSA) is 47.4 Å². The SMILES string of the molecule is Cc1nn(C)c(C)c1CN1Cc2ccccc2OCC1=O. The van der Waals surface area contributed by atoms with E-state index in [-0.39, 0.29) is 12.5 Å². The number of carbonyl (C=O) groups excluding carboxylic acids is 1. The standard InChI is InChI=1S/C16H19N3O2/c1-11-14(12(2)18(3)17-11)9-19-8-13-6-4-5-7-15(13)21-10-16(19)20/h4-7H,8-10H2,1-3H3. The van der Waals surface area contributed by atoms with Crippen LogP contribution in [-0.4, -0.2) is 27.2 Å². The zero-order chi connectivity index (χ0) is 15.0. The van der Waals surface area contributed by atoms with Crippen LogP contribution in [0.5, 0.6) is 5.75 Å². The predicted molar refractivity (Wildman–Crippen MR) is 78.9 cm³/mol. The van der Waals surface area contributed by atoms with Gasteiger partial charge in [-0.1, -0.05) is 18.2 Å². The number of nitrogens with zero attached hydrogens (tertiary/aromatic N) is 3. The molecule has 2 aromatic rings. The van der Waals surface area contributed by atoms with Gasteiger partial charge in [0.05, 0.1) is 5.69 Å². The average molecular weight is 285 g/mol. The summed E-state index contributed by atoms with van der Waals surface area (Å²) in [4.78, 5) is 14.1. The Kier molecular flexibility index (Phi) is 3.41. The number of rotatable bonds is 2. The lowest BCUT2D eigenvalue weighted by Gasteiger charge is -2.20. The highest BCUT2D eigenvalue weighted by atomic mass is 16.5. The molecule has 3 rings (SSSR count). The second-order valence-electron chi connectivity index (χ2n) is 5.42. The lowest BCUT2D eigenvalue weighted by atomic mass is 10.1. The molecule has 0 aliphatic carbocycles. The highest BCUT2D eigenvalue weighted by Gasteiger charge is 2.23. The van der Waals surface area contributed by atoms with Crippen LogP contribution in [0.1, 0.15) is 22.5 Å². The van der Waals surface area contributed by atoms with Crippen molar-refractivity contribution in [2.45, 2.75) is 26.9 Å². The Morgan fingerprint density at radius 3 is 2.76 bits per heavy atom. The number of ether oxygens (including phenoxy) is 1. The van der Waals surface area contributed by atoms with E-state index in [4.69, 9.17) is 4.74 Å². The van der Waals surface area contributed by atoms with Gasteiger partial charge in [-0.05, 0) is 19.9 Å². The summed E-state index contributed by atoms with van der Waals surface area (Å²) in [7, 11) is 1.93. The molecule has 1 aliphatic rings. The van der Waals surface area contributed by atoms with Crippen molar-refractivity contribution >= 4 is 5.91 Å². The molecule has 1 aromatic heterocycles. The van der Waals surface area contributed by atoms with Crippen molar-refractivity contribution in [3.05, 3.63) is 46.8 Å². The van der Waals surface area contributed by atoms with Gasteiger partial charge < -0.3 is 9.64 Å². The van der Waals surface area contributed by atoms with E-state index in [1.54, 1.807) is 0 Å². The highest BCUT2D eigenvalue weighted by molar-refractivity contribution is 5.78. The first-order valence-corrected chi connectivity index (χ1v) is 7.04. The first-order valence-electron chi connectivity index (χ1n) is 7.04. The lowest BCUT2D eigenvalue weighted by Crippen LogP contribution is -2.32. The third kappa shape index (κ3) is 2.51. The van der Waals surface area contributed by atoms with Gasteiger partial charge in [0.2, 0.25) is 0 Å². The van der Waals surface area contributed by atoms with E-state index in [1.807, 2.05) is 54.7 Å². The number of benzene rings is 1. The van der Waals surface area contributed by atoms with Gasteiger partial charge in [-0.15, -0.1) is 0 Å². The van der Waals surface area contributed by atoms with Gasteiger partial charge in [-0.25, -0.2) is 0 Å². The fraction of sp³-hybridized carbons (Fsp3) is 0.375. The van der Waals surface area contributed by atoms with Crippen LogP contribution < -0.4 is 4.74 Å². The summed E-state index contributed by atoms with van der Waals surface area (Å²) in [5.41, 5.74) is 4.23. The second kappa shape index (κ2) is 5.24. The molecule has 1 aliphatic heterocycles. The minimum atomic E-state index is 0.00820. The molecule has 0 saturated carbocycles. The van der Waals surface area contributed by atoms with Gasteiger partial charge in [-0.3, -0.25) is 9.48 Å². The smallest absolute Gasteiger partial charge is 0.261 e. The molecular weight excluding hydrogens is 266 g/mol. The normalized spacial score (nSPS) is 14.6. The number of amides is 1. The van der Waals surface area contributed by atoms with Crippen LogP contribution >= 0.6 is 0 Å². The molecule has 2 heterocycles. The van der Waals surface area contributed by atoms with Gasteiger partial charge in [0, 0.05) is 37.0 Å². The molecule has 0 radical (unpaired) electrons. The van der Waals surface area contributed by atoms with E-state index in [0.717, 1.165) is 28.3 Å². The highest BCUT2D eigenvalue weighted by Crippen LogP contribution is 2.25. The number of fused-ring (bicyclic) bond motifs is 1. The summed E-state index contributed by atoms with van der Waals surface area (Å²) >= 11 is 0. The zero-order valence-electron chi connectivity index (χ0n) is 12.6. The van der Waals surface area contributed by atoms with E-state index in [2.05, 4.69) is 5.10 Å². The van der Waals surface area contributed by atoms with Gasteiger partial charge in [0.25, 0.3) is 5.91 Å². The van der Waals surface area contributed by atoms with Crippen molar-refractivity contribution in [1.29, 1.82) is 0 Å². The maximum Gasteiger partial charge on any atom is 0.261 e. The lowest BCUT2D eigenvalue weighted by molar-refractivity contribution is -0.133. The molecule has 0 unspecified atom stereocenters. The molecule has 110 valence electrons. The number of carbonyl (C=O) groups is 1. The molecule has 0 N–H and O–H groups in total. The van der Waals surface area contributed by atoms with Crippen molar-refractivity contribution < 1.29 is 9.53 Å². The fourth-order valence-corrected chi connectivity index (χ4v) is 2.68. The van der Waals surface area contributed by atoms with Crippen molar-refractivity contribution in [3.63, 3.8) is 0 Å². The monoisotopic (exact) mass is 285 g/mol. The first-order chi connectivity index (χ1) is 10.1. The summed E-state index contributed by atoms with van der Waals surface area (Å²) in [5.74, 6) is 0.807. The Morgan fingerprint density at radius 1 is 1.29 bits per heavy atom. The minimum Gasteiger partial charge on any atom is -0.483 e. The molecule has 0 saturated heterocycles. The van der Waals surface area contributed by atoms with Gasteiger partial charge in [0.1, 0.15) is 5.75 Å². The number of aryl methyl sites for hydroxylation is 2. The summed E-state index contributed by atoms with van der Waals surface area (Å²) in [6.45, 7) is 5.25. The van der Waals surface area contributed by atoms with Crippen molar-refractivity contribution in [3.8, 4) is 5.75 Å². The summed E-state index contributed by atoms with van der Waals surface area (Å²) < 4.78 is 7.44. The Balaban J connectivity index is 1.89. The van der Waals surface area contributed by atoms with Crippen molar-refractivity contribution in [1.82, 2.24) is 14.7 Å². The Bertz CT molecular complexity index is 691. The third-order valence-corrected chi connectivity index (χ3v) is 4.05. The maximum absolute atomic E-state index is 12.3. The van der Waals surface area contributed by atoms with E-state index in [9.17, 15) is 4.79 Å². The zero-order valence-corrected chi connectivity index (χ0v) is 12.6. The molecule has 0 spiro atoms. The molecule has 5 heteroatoms. The van der Waals surface area contributed by atoms with Crippen LogP contribution in [0, 0.1) is 13.8 Å². The third-order valence-electron chi connectivity index (χ3n) is 4.05. The van der Waals surface area contributed by atoms with Crippen molar-refractivity contribution in [2.75, 3.05) is 6.61 Å². The van der Waals surface area contributed by atoms with Gasteiger partial charge in [-0.2, -0.15) is 5.10 Å². The van der Waals surface area contributed by atoms with Crippen LogP contribution in [0.4, 0.5) is 0 Å². The largest absolute Gasteiger partial charge is 0.483 e. The Morgan fingerprint density at radius 2 is 2.05 bits per heavy atom. The molecule has 21 heavy (non-hydrogen) atoms. The molecular formula is C16H19N3O2. The molecule has 1 amide bonds. The van der Waals surface area contributed by atoms with Gasteiger partial charge in [0.15, 0.2) is 6.61 Å². The maximum atomic E-state index is 12.3. The fourth-order valence-electron chi connectivity index (χ4n) is 2.68. The van der Waals surface area contributed by atoms with Crippen LogP contribution in [0.25, 0.3) is 0 Å². The van der Waals surface area contributed by atoms with Crippen LogP contribution in [0.15, 0.2) is 24.3 Å². The predicted octanol–water partition coefficient (Wildman–Crippen LogP) is 1.96. The quantitative estimate of drug-likeness (QED) is 0.847. The molecule has 1 aromatic carbocycles. The van der Waals surface area contributed by atoms with E-state index < -0.39 is 0 Å². The number of hydrogen-bond donors (Lipinski definition) is 0. The average Bonchev–Trinajstić information content (AvgIpc) is 2.63. The summed E-state index contributed by atoms with van der Waals surface area (Å²) in [6.07, 6.45) is 0. The van der Waals surface area contributed by atoms with Crippen LogP contribution in [-0.2, 0) is 24.9 Å². The minimum absolute atomic E-state index is 0.00820. The number of para-hydroxylation sites is 1. The Labute approximate surface area is 124 Å². The first kappa shape index (κ1) is 13.7. The summed E-state index contributed by atoms with van der Waals surface area (Å²) in [6, 6.07) is 7.81. The molecule has 0 fully saturated rings. The molecule has 0 atom stereocenters. The number of aromatic nitrogens is 2. The second-order valence-corrected chi connectivity index (χ2v) is 5.42. The van der Waals surface area contributed by atoms with Gasteiger partial charge >= 0.3 is 0 Å². The van der Waals surface area contributed by atoms with E-state index in [0.29, 0.717) is 13.1 Å².